The number of pyridine rings is 1. The average Bonchev–Trinajstić information content (AvgIpc) is 3.04. The third-order valence-electron chi connectivity index (χ3n) is 7.01. The zero-order valence-corrected chi connectivity index (χ0v) is 25.3. The predicted octanol–water partition coefficient (Wildman–Crippen LogP) is 4.33. The van der Waals surface area contributed by atoms with Crippen LogP contribution in [0.3, 0.4) is 0 Å². The SMILES string of the molecule is Cc1cc(=O)n(-c2ccccc2OC(F)(F)F)nc1C(=O)Nc1ccc(Oc2ccnc(C(=O)NCCCN3CCOCC3)c2)cc1. The van der Waals surface area contributed by atoms with Crippen LogP contribution < -0.4 is 25.7 Å². The molecule has 2 N–H and O–H groups in total. The van der Waals surface area contributed by atoms with Gasteiger partial charge in [0.15, 0.2) is 11.4 Å². The van der Waals surface area contributed by atoms with Crippen LogP contribution in [-0.4, -0.2) is 77.2 Å². The third-order valence-corrected chi connectivity index (χ3v) is 7.01. The van der Waals surface area contributed by atoms with Crippen molar-refractivity contribution in [3.63, 3.8) is 0 Å². The number of halogens is 3. The van der Waals surface area contributed by atoms with Gasteiger partial charge in [0.25, 0.3) is 17.4 Å². The van der Waals surface area contributed by atoms with Crippen molar-refractivity contribution in [3.05, 3.63) is 100 Å². The van der Waals surface area contributed by atoms with E-state index in [0.29, 0.717) is 28.4 Å². The third kappa shape index (κ3) is 9.14. The molecule has 2 aromatic carbocycles. The molecule has 0 bridgehead atoms. The van der Waals surface area contributed by atoms with E-state index in [1.807, 2.05) is 0 Å². The minimum atomic E-state index is -5.00. The van der Waals surface area contributed by atoms with Gasteiger partial charge in [-0.15, -0.1) is 13.2 Å². The second-order valence-corrected chi connectivity index (χ2v) is 10.5. The minimum absolute atomic E-state index is 0.185. The van der Waals surface area contributed by atoms with Crippen LogP contribution in [0.1, 0.15) is 33.0 Å². The number of carbonyl (C=O) groups excluding carboxylic acids is 2. The highest BCUT2D eigenvalue weighted by Crippen LogP contribution is 2.28. The van der Waals surface area contributed by atoms with Crippen molar-refractivity contribution in [1.29, 1.82) is 0 Å². The van der Waals surface area contributed by atoms with Crippen molar-refractivity contribution in [2.75, 3.05) is 44.7 Å². The van der Waals surface area contributed by atoms with Crippen LogP contribution in [-0.2, 0) is 4.74 Å². The van der Waals surface area contributed by atoms with Crippen molar-refractivity contribution >= 4 is 17.5 Å². The maximum Gasteiger partial charge on any atom is 0.573 e. The first-order valence-electron chi connectivity index (χ1n) is 14.7. The summed E-state index contributed by atoms with van der Waals surface area (Å²) in [6, 6.07) is 15.5. The molecule has 5 rings (SSSR count). The molecule has 15 heteroatoms. The quantitative estimate of drug-likeness (QED) is 0.227. The van der Waals surface area contributed by atoms with E-state index >= 15 is 0 Å². The van der Waals surface area contributed by atoms with E-state index < -0.39 is 23.6 Å². The number of hydrogen-bond acceptors (Lipinski definition) is 9. The van der Waals surface area contributed by atoms with Gasteiger partial charge in [-0.3, -0.25) is 24.3 Å². The largest absolute Gasteiger partial charge is 0.573 e. The van der Waals surface area contributed by atoms with Crippen LogP contribution in [0, 0.1) is 6.92 Å². The highest BCUT2D eigenvalue weighted by molar-refractivity contribution is 6.03. The van der Waals surface area contributed by atoms with Gasteiger partial charge >= 0.3 is 6.36 Å². The van der Waals surface area contributed by atoms with E-state index in [4.69, 9.17) is 9.47 Å². The number of ether oxygens (including phenoxy) is 3. The number of hydrogen-bond donors (Lipinski definition) is 2. The molecular formula is C32H31F3N6O6. The first-order valence-corrected chi connectivity index (χ1v) is 14.7. The predicted molar refractivity (Wildman–Crippen MR) is 164 cm³/mol. The molecule has 3 heterocycles. The number of benzene rings is 2. The molecule has 0 spiro atoms. The second-order valence-electron chi connectivity index (χ2n) is 10.5. The standard InChI is InChI=1S/C32H31F3N6O6/c1-21-19-28(42)41(26-5-2-3-6-27(26)47-32(33,34)35)39-29(21)31(44)38-22-7-9-23(10-8-22)46-24-11-13-36-25(20-24)30(43)37-12-4-14-40-15-17-45-18-16-40/h2-3,5-11,13,19-20H,4,12,14-18H2,1H3,(H,37,43)(H,38,44). The van der Waals surface area contributed by atoms with E-state index in [1.165, 1.54) is 37.4 Å². The second kappa shape index (κ2) is 14.9. The first kappa shape index (κ1) is 33.1. The van der Waals surface area contributed by atoms with E-state index in [2.05, 4.69) is 30.4 Å². The van der Waals surface area contributed by atoms with Gasteiger partial charge < -0.3 is 24.8 Å². The Hall–Kier alpha value is -5.28. The van der Waals surface area contributed by atoms with E-state index in [1.54, 1.807) is 30.3 Å². The van der Waals surface area contributed by atoms with Crippen molar-refractivity contribution in [2.24, 2.45) is 0 Å². The normalized spacial score (nSPS) is 13.5. The summed E-state index contributed by atoms with van der Waals surface area (Å²) in [6.07, 6.45) is -2.73. The average molecular weight is 653 g/mol. The number of aromatic nitrogens is 3. The van der Waals surface area contributed by atoms with E-state index in [-0.39, 0.29) is 28.5 Å². The molecule has 0 aliphatic carbocycles. The number of rotatable bonds is 11. The van der Waals surface area contributed by atoms with Crippen LogP contribution in [0.15, 0.2) is 77.7 Å². The first-order chi connectivity index (χ1) is 22.6. The molecule has 1 aliphatic heterocycles. The summed E-state index contributed by atoms with van der Waals surface area (Å²) in [4.78, 5) is 44.8. The van der Waals surface area contributed by atoms with Gasteiger partial charge in [0.1, 0.15) is 22.9 Å². The molecule has 0 saturated carbocycles. The monoisotopic (exact) mass is 652 g/mol. The zero-order valence-electron chi connectivity index (χ0n) is 25.3. The van der Waals surface area contributed by atoms with Crippen molar-refractivity contribution in [1.82, 2.24) is 25.0 Å². The fourth-order valence-electron chi connectivity index (χ4n) is 4.73. The lowest BCUT2D eigenvalue weighted by Gasteiger charge is -2.26. The lowest BCUT2D eigenvalue weighted by molar-refractivity contribution is -0.274. The topological polar surface area (TPSA) is 137 Å². The number of alkyl halides is 3. The van der Waals surface area contributed by atoms with Crippen LogP contribution in [0.4, 0.5) is 18.9 Å². The maximum atomic E-state index is 13.1. The van der Waals surface area contributed by atoms with Crippen molar-refractivity contribution < 1.29 is 37.0 Å². The highest BCUT2D eigenvalue weighted by atomic mass is 19.4. The Bertz CT molecular complexity index is 1770. The minimum Gasteiger partial charge on any atom is -0.457 e. The number of anilines is 1. The Kier molecular flexibility index (Phi) is 10.5. The molecule has 0 unspecified atom stereocenters. The Balaban J connectivity index is 1.20. The molecule has 1 fully saturated rings. The Morgan fingerprint density at radius 1 is 0.979 bits per heavy atom. The molecular weight excluding hydrogens is 621 g/mol. The number of carbonyl (C=O) groups is 2. The zero-order chi connectivity index (χ0) is 33.4. The fraction of sp³-hybridized carbons (Fsp3) is 0.281. The molecule has 2 amide bonds. The van der Waals surface area contributed by atoms with E-state index in [9.17, 15) is 27.6 Å². The molecule has 12 nitrogen and oxygen atoms in total. The van der Waals surface area contributed by atoms with Gasteiger partial charge in [0, 0.05) is 43.7 Å². The number of morpholine rings is 1. The van der Waals surface area contributed by atoms with Gasteiger partial charge in [0.05, 0.1) is 13.2 Å². The molecule has 47 heavy (non-hydrogen) atoms. The lowest BCUT2D eigenvalue weighted by atomic mass is 10.2. The molecule has 0 atom stereocenters. The summed E-state index contributed by atoms with van der Waals surface area (Å²) in [7, 11) is 0. The summed E-state index contributed by atoms with van der Waals surface area (Å²) < 4.78 is 54.7. The number of aryl methyl sites for hydroxylation is 1. The van der Waals surface area contributed by atoms with Crippen molar-refractivity contribution in [3.8, 4) is 22.9 Å². The van der Waals surface area contributed by atoms with Gasteiger partial charge in [-0.2, -0.15) is 9.78 Å². The number of para-hydroxylation sites is 2. The summed E-state index contributed by atoms with van der Waals surface area (Å²) >= 11 is 0. The van der Waals surface area contributed by atoms with Crippen molar-refractivity contribution in [2.45, 2.75) is 19.7 Å². The molecule has 4 aromatic rings. The fourth-order valence-corrected chi connectivity index (χ4v) is 4.73. The van der Waals surface area contributed by atoms with Gasteiger partial charge in [-0.1, -0.05) is 12.1 Å². The Morgan fingerprint density at radius 3 is 2.47 bits per heavy atom. The van der Waals surface area contributed by atoms with Gasteiger partial charge in [-0.25, -0.2) is 0 Å². The molecule has 0 radical (unpaired) electrons. The molecule has 1 saturated heterocycles. The van der Waals surface area contributed by atoms with Gasteiger partial charge in [-0.05, 0) is 67.9 Å². The maximum absolute atomic E-state index is 13.1. The number of amides is 2. The highest BCUT2D eigenvalue weighted by Gasteiger charge is 2.32. The molecule has 246 valence electrons. The van der Waals surface area contributed by atoms with Crippen LogP contribution in [0.5, 0.6) is 17.2 Å². The number of nitrogens with one attached hydrogen (secondary N) is 2. The molecule has 2 aromatic heterocycles. The summed E-state index contributed by atoms with van der Waals surface area (Å²) in [5.41, 5.74) is -0.447. The smallest absolute Gasteiger partial charge is 0.457 e. The lowest BCUT2D eigenvalue weighted by Crippen LogP contribution is -2.38. The van der Waals surface area contributed by atoms with Gasteiger partial charge in [0.2, 0.25) is 0 Å². The summed E-state index contributed by atoms with van der Waals surface area (Å²) in [6.45, 7) is 6.08. The number of nitrogens with zero attached hydrogens (tertiary/aromatic N) is 4. The Labute approximate surface area is 267 Å². The van der Waals surface area contributed by atoms with E-state index in [0.717, 1.165) is 51.4 Å². The summed E-state index contributed by atoms with van der Waals surface area (Å²) in [5, 5.41) is 9.57. The Morgan fingerprint density at radius 2 is 1.72 bits per heavy atom. The van der Waals surface area contributed by atoms with Crippen LogP contribution >= 0.6 is 0 Å². The summed E-state index contributed by atoms with van der Waals surface area (Å²) in [5.74, 6) is -0.875. The van der Waals surface area contributed by atoms with Crippen LogP contribution in [0.25, 0.3) is 5.69 Å². The molecule has 1 aliphatic rings. The van der Waals surface area contributed by atoms with Crippen LogP contribution in [0.2, 0.25) is 0 Å².